The molecule has 0 bridgehead atoms. The summed E-state index contributed by atoms with van der Waals surface area (Å²) in [6.45, 7) is 3.40. The first-order valence-electron chi connectivity index (χ1n) is 6.10. The predicted octanol–water partition coefficient (Wildman–Crippen LogP) is 1.16. The van der Waals surface area contributed by atoms with Crippen molar-refractivity contribution in [2.45, 2.75) is 0 Å². The Morgan fingerprint density at radius 3 is 2.60 bits per heavy atom. The number of carbonyl (C=O) groups is 1. The van der Waals surface area contributed by atoms with Gasteiger partial charge in [-0.15, -0.1) is 0 Å². The third-order valence-corrected chi connectivity index (χ3v) is 2.87. The van der Waals surface area contributed by atoms with E-state index in [4.69, 9.17) is 0 Å². The molecule has 0 saturated heterocycles. The van der Waals surface area contributed by atoms with Crippen LogP contribution in [-0.4, -0.2) is 23.1 Å². The quantitative estimate of drug-likeness (QED) is 0.575. The molecule has 0 spiro atoms. The van der Waals surface area contributed by atoms with Crippen molar-refractivity contribution >= 4 is 24.2 Å². The molecule has 2 aromatic rings. The van der Waals surface area contributed by atoms with E-state index >= 15 is 0 Å². The fraction of sp³-hybridized carbons (Fsp3) is 0. The van der Waals surface area contributed by atoms with Crippen molar-refractivity contribution in [3.8, 4) is 11.1 Å². The second-order valence-corrected chi connectivity index (χ2v) is 4.24. The number of carbonyl (C=O) groups excluding carboxylic acids is 1. The lowest BCUT2D eigenvalue weighted by atomic mass is 9.75. The predicted molar refractivity (Wildman–Crippen MR) is 80.5 cm³/mol. The van der Waals surface area contributed by atoms with Crippen LogP contribution < -0.4 is 10.8 Å². The van der Waals surface area contributed by atoms with Crippen LogP contribution >= 0.6 is 0 Å². The van der Waals surface area contributed by atoms with Crippen molar-refractivity contribution in [2.24, 2.45) is 0 Å². The lowest BCUT2D eigenvalue weighted by molar-refractivity contribution is -0.111. The van der Waals surface area contributed by atoms with E-state index in [9.17, 15) is 14.8 Å². The van der Waals surface area contributed by atoms with Gasteiger partial charge < -0.3 is 15.4 Å². The Bertz CT molecular complexity index is 641. The second-order valence-electron chi connectivity index (χ2n) is 4.24. The molecular weight excluding hydrogens is 253 g/mol. The van der Waals surface area contributed by atoms with Gasteiger partial charge in [-0.2, -0.15) is 0 Å². The van der Waals surface area contributed by atoms with E-state index in [1.165, 1.54) is 6.08 Å². The number of hydrogen-bond donors (Lipinski definition) is 3. The molecule has 1 amide bonds. The number of hydrogen-bond acceptors (Lipinski definition) is 3. The number of benzene rings is 2. The Morgan fingerprint density at radius 2 is 1.90 bits per heavy atom. The molecule has 20 heavy (non-hydrogen) atoms. The largest absolute Gasteiger partial charge is 0.489 e. The summed E-state index contributed by atoms with van der Waals surface area (Å²) in [7, 11) is -1.54. The minimum Gasteiger partial charge on any atom is -0.423 e. The minimum atomic E-state index is -1.54. The molecule has 0 fully saturated rings. The van der Waals surface area contributed by atoms with Gasteiger partial charge in [0.1, 0.15) is 0 Å². The summed E-state index contributed by atoms with van der Waals surface area (Å²) < 4.78 is 0. The lowest BCUT2D eigenvalue weighted by Gasteiger charge is -2.10. The number of anilines is 1. The average Bonchev–Trinajstić information content (AvgIpc) is 2.47. The average molecular weight is 267 g/mol. The number of nitrogens with one attached hydrogen (secondary N) is 1. The van der Waals surface area contributed by atoms with Crippen molar-refractivity contribution in [2.75, 3.05) is 5.32 Å². The van der Waals surface area contributed by atoms with Gasteiger partial charge in [0, 0.05) is 5.69 Å². The molecule has 2 rings (SSSR count). The molecule has 0 unspecified atom stereocenters. The highest BCUT2D eigenvalue weighted by Crippen LogP contribution is 2.21. The minimum absolute atomic E-state index is 0.294. The Kier molecular flexibility index (Phi) is 4.35. The van der Waals surface area contributed by atoms with E-state index < -0.39 is 7.12 Å². The standard InChI is InChI=1S/C15H14BNO3/c1-2-15(18)17-12-7-5-6-11(10-12)13-8-3-4-9-14(13)16(19)20/h2-10,19-20H,1H2,(H,17,18). The van der Waals surface area contributed by atoms with Crippen molar-refractivity contribution in [3.63, 3.8) is 0 Å². The molecule has 0 atom stereocenters. The van der Waals surface area contributed by atoms with E-state index in [1.54, 1.807) is 36.4 Å². The highest BCUT2D eigenvalue weighted by molar-refractivity contribution is 6.60. The van der Waals surface area contributed by atoms with E-state index in [1.807, 2.05) is 12.1 Å². The maximum atomic E-state index is 11.3. The van der Waals surface area contributed by atoms with E-state index in [0.717, 1.165) is 5.56 Å². The Hall–Kier alpha value is -2.37. The molecule has 4 nitrogen and oxygen atoms in total. The fourth-order valence-electron chi connectivity index (χ4n) is 1.94. The molecule has 0 heterocycles. The van der Waals surface area contributed by atoms with Crippen molar-refractivity contribution in [1.82, 2.24) is 0 Å². The molecule has 100 valence electrons. The third kappa shape index (κ3) is 3.14. The molecule has 0 radical (unpaired) electrons. The van der Waals surface area contributed by atoms with Crippen LogP contribution in [0.5, 0.6) is 0 Å². The number of amides is 1. The molecule has 5 heteroatoms. The second kappa shape index (κ2) is 6.19. The fourth-order valence-corrected chi connectivity index (χ4v) is 1.94. The molecular formula is C15H14BNO3. The van der Waals surface area contributed by atoms with Crippen LogP contribution in [0.15, 0.2) is 61.2 Å². The summed E-state index contributed by atoms with van der Waals surface area (Å²) in [5.41, 5.74) is 2.53. The molecule has 0 aliphatic rings. The summed E-state index contributed by atoms with van der Waals surface area (Å²) in [6, 6.07) is 14.1. The molecule has 0 aromatic heterocycles. The molecule has 0 aliphatic carbocycles. The zero-order valence-corrected chi connectivity index (χ0v) is 10.8. The van der Waals surface area contributed by atoms with Crippen LogP contribution in [0.1, 0.15) is 0 Å². The van der Waals surface area contributed by atoms with E-state index in [0.29, 0.717) is 16.7 Å². The van der Waals surface area contributed by atoms with Gasteiger partial charge in [0.15, 0.2) is 0 Å². The van der Waals surface area contributed by atoms with Crippen molar-refractivity contribution < 1.29 is 14.8 Å². The summed E-state index contributed by atoms with van der Waals surface area (Å²) in [5.74, 6) is -0.294. The summed E-state index contributed by atoms with van der Waals surface area (Å²) in [5, 5.41) is 21.5. The number of rotatable bonds is 4. The van der Waals surface area contributed by atoms with Gasteiger partial charge >= 0.3 is 7.12 Å². The van der Waals surface area contributed by atoms with Gasteiger partial charge in [0.2, 0.25) is 5.91 Å². The SMILES string of the molecule is C=CC(=O)Nc1cccc(-c2ccccc2B(O)O)c1. The van der Waals surface area contributed by atoms with E-state index in [-0.39, 0.29) is 5.91 Å². The van der Waals surface area contributed by atoms with Crippen molar-refractivity contribution in [1.29, 1.82) is 0 Å². The van der Waals surface area contributed by atoms with Gasteiger partial charge in [-0.05, 0) is 34.8 Å². The molecule has 0 saturated carbocycles. The maximum Gasteiger partial charge on any atom is 0.489 e. The molecule has 3 N–H and O–H groups in total. The van der Waals surface area contributed by atoms with Crippen molar-refractivity contribution in [3.05, 3.63) is 61.2 Å². The smallest absolute Gasteiger partial charge is 0.423 e. The zero-order valence-electron chi connectivity index (χ0n) is 10.8. The van der Waals surface area contributed by atoms with Crippen LogP contribution in [-0.2, 0) is 4.79 Å². The lowest BCUT2D eigenvalue weighted by Crippen LogP contribution is -2.31. The van der Waals surface area contributed by atoms with Gasteiger partial charge in [0.05, 0.1) is 0 Å². The third-order valence-electron chi connectivity index (χ3n) is 2.87. The highest BCUT2D eigenvalue weighted by atomic mass is 16.4. The Morgan fingerprint density at radius 1 is 1.15 bits per heavy atom. The van der Waals surface area contributed by atoms with Gasteiger partial charge in [-0.1, -0.05) is 43.0 Å². The van der Waals surface area contributed by atoms with Gasteiger partial charge in [0.25, 0.3) is 0 Å². The van der Waals surface area contributed by atoms with Crippen LogP contribution in [0.3, 0.4) is 0 Å². The summed E-state index contributed by atoms with van der Waals surface area (Å²) in [4.78, 5) is 11.3. The first-order valence-corrected chi connectivity index (χ1v) is 6.10. The topological polar surface area (TPSA) is 69.6 Å². The summed E-state index contributed by atoms with van der Waals surface area (Å²) >= 11 is 0. The summed E-state index contributed by atoms with van der Waals surface area (Å²) in [6.07, 6.45) is 1.19. The van der Waals surface area contributed by atoms with Crippen LogP contribution in [0.25, 0.3) is 11.1 Å². The van der Waals surface area contributed by atoms with E-state index in [2.05, 4.69) is 11.9 Å². The Labute approximate surface area is 117 Å². The maximum absolute atomic E-state index is 11.3. The first-order chi connectivity index (χ1) is 9.61. The monoisotopic (exact) mass is 267 g/mol. The van der Waals surface area contributed by atoms with Gasteiger partial charge in [-0.25, -0.2) is 0 Å². The van der Waals surface area contributed by atoms with Crippen LogP contribution in [0, 0.1) is 0 Å². The van der Waals surface area contributed by atoms with Crippen LogP contribution in [0.4, 0.5) is 5.69 Å². The first kappa shape index (κ1) is 14.1. The normalized spacial score (nSPS) is 9.90. The Balaban J connectivity index is 2.41. The highest BCUT2D eigenvalue weighted by Gasteiger charge is 2.16. The van der Waals surface area contributed by atoms with Crippen LogP contribution in [0.2, 0.25) is 0 Å². The molecule has 0 aliphatic heterocycles. The zero-order chi connectivity index (χ0) is 14.5. The van der Waals surface area contributed by atoms with Gasteiger partial charge in [-0.3, -0.25) is 4.79 Å². The molecule has 2 aromatic carbocycles.